The number of hydrogen-bond donors (Lipinski definition) is 1. The van der Waals surface area contributed by atoms with Crippen LogP contribution in [0.1, 0.15) is 24.7 Å². The van der Waals surface area contributed by atoms with Crippen LogP contribution >= 0.6 is 12.2 Å². The van der Waals surface area contributed by atoms with E-state index in [1.165, 1.54) is 12.1 Å². The summed E-state index contributed by atoms with van der Waals surface area (Å²) in [5.41, 5.74) is 2.55. The summed E-state index contributed by atoms with van der Waals surface area (Å²) >= 11 is 5.48. The summed E-state index contributed by atoms with van der Waals surface area (Å²) in [5, 5.41) is 3.84. The Morgan fingerprint density at radius 3 is 2.56 bits per heavy atom. The highest BCUT2D eigenvalue weighted by atomic mass is 32.1. The van der Waals surface area contributed by atoms with Gasteiger partial charge in [-0.05, 0) is 61.5 Å². The van der Waals surface area contributed by atoms with Crippen molar-refractivity contribution >= 4 is 34.1 Å². The minimum atomic E-state index is -0.254. The van der Waals surface area contributed by atoms with Crippen LogP contribution in [-0.2, 0) is 0 Å². The molecule has 4 nitrogen and oxygen atoms in total. The Balaban J connectivity index is 1.37. The van der Waals surface area contributed by atoms with Gasteiger partial charge in [0.15, 0.2) is 16.6 Å². The molecule has 0 bridgehead atoms. The molecule has 4 rings (SSSR count). The van der Waals surface area contributed by atoms with E-state index in [1.807, 2.05) is 24.3 Å². The molecule has 2 heterocycles. The third kappa shape index (κ3) is 3.49. The molecule has 1 fully saturated rings. The molecule has 0 atom stereocenters. The summed E-state index contributed by atoms with van der Waals surface area (Å²) in [6.45, 7) is 1.69. The summed E-state index contributed by atoms with van der Waals surface area (Å²) in [4.78, 5) is 6.75. The van der Waals surface area contributed by atoms with Gasteiger partial charge in [0.2, 0.25) is 0 Å². The fourth-order valence-corrected chi connectivity index (χ4v) is 3.43. The normalized spacial score (nSPS) is 15.5. The monoisotopic (exact) mass is 355 g/mol. The summed E-state index contributed by atoms with van der Waals surface area (Å²) in [6, 6.07) is 14.1. The number of likely N-dealkylation sites (tertiary alicyclic amines) is 1. The molecule has 1 saturated heterocycles. The molecule has 3 aromatic rings. The Morgan fingerprint density at radius 2 is 1.84 bits per heavy atom. The molecule has 0 aliphatic carbocycles. The molecule has 0 saturated carbocycles. The first-order valence-electron chi connectivity index (χ1n) is 8.36. The summed E-state index contributed by atoms with van der Waals surface area (Å²) in [6.07, 6.45) is 1.89. The van der Waals surface area contributed by atoms with Crippen molar-refractivity contribution in [3.8, 4) is 0 Å². The number of nitrogens with one attached hydrogen (secondary N) is 1. The predicted molar refractivity (Wildman–Crippen MR) is 100 cm³/mol. The Morgan fingerprint density at radius 1 is 1.12 bits per heavy atom. The van der Waals surface area contributed by atoms with Gasteiger partial charge >= 0.3 is 0 Å². The van der Waals surface area contributed by atoms with Gasteiger partial charge in [0.25, 0.3) is 0 Å². The van der Waals surface area contributed by atoms with Gasteiger partial charge < -0.3 is 14.6 Å². The molecule has 1 aliphatic heterocycles. The summed E-state index contributed by atoms with van der Waals surface area (Å²) in [7, 11) is 0. The number of fused-ring (bicyclic) bond motifs is 1. The van der Waals surface area contributed by atoms with E-state index in [-0.39, 0.29) is 5.82 Å². The van der Waals surface area contributed by atoms with Crippen LogP contribution in [0.4, 0.5) is 10.1 Å². The van der Waals surface area contributed by atoms with E-state index in [0.29, 0.717) is 11.0 Å². The molecule has 1 aromatic heterocycles. The largest absolute Gasteiger partial charge is 0.440 e. The molecular formula is C19H18FN3OS. The number of halogens is 1. The molecule has 2 aromatic carbocycles. The molecule has 6 heteroatoms. The number of oxazole rings is 1. The van der Waals surface area contributed by atoms with Crippen molar-refractivity contribution in [1.82, 2.24) is 9.88 Å². The molecule has 0 radical (unpaired) electrons. The van der Waals surface area contributed by atoms with Gasteiger partial charge in [0, 0.05) is 24.7 Å². The summed E-state index contributed by atoms with van der Waals surface area (Å²) in [5.74, 6) is 0.881. The third-order valence-corrected chi connectivity index (χ3v) is 4.90. The molecular weight excluding hydrogens is 337 g/mol. The first-order chi connectivity index (χ1) is 12.2. The number of hydrogen-bond acceptors (Lipinski definition) is 3. The second-order valence-corrected chi connectivity index (χ2v) is 6.60. The van der Waals surface area contributed by atoms with E-state index >= 15 is 0 Å². The number of anilines is 1. The van der Waals surface area contributed by atoms with Crippen molar-refractivity contribution < 1.29 is 8.81 Å². The van der Waals surface area contributed by atoms with Crippen LogP contribution < -0.4 is 5.32 Å². The number of piperidine rings is 1. The lowest BCUT2D eigenvalue weighted by molar-refractivity contribution is 0.290. The fraction of sp³-hybridized carbons (Fsp3) is 0.263. The van der Waals surface area contributed by atoms with Crippen LogP contribution in [0.5, 0.6) is 0 Å². The van der Waals surface area contributed by atoms with Gasteiger partial charge in [0.1, 0.15) is 11.3 Å². The van der Waals surface area contributed by atoms with Crippen LogP contribution in [0.15, 0.2) is 52.9 Å². The average molecular weight is 355 g/mol. The van der Waals surface area contributed by atoms with Gasteiger partial charge in [-0.3, -0.25) is 0 Å². The lowest BCUT2D eigenvalue weighted by Crippen LogP contribution is -2.40. The van der Waals surface area contributed by atoms with Crippen molar-refractivity contribution in [3.63, 3.8) is 0 Å². The SMILES string of the molecule is Fc1ccc(NC(=S)N2CCC(c3nc4ccccc4o3)CC2)cc1. The smallest absolute Gasteiger partial charge is 0.198 e. The van der Waals surface area contributed by atoms with Gasteiger partial charge in [-0.2, -0.15) is 0 Å². The highest BCUT2D eigenvalue weighted by Crippen LogP contribution is 2.30. The van der Waals surface area contributed by atoms with Crippen molar-refractivity contribution in [2.24, 2.45) is 0 Å². The topological polar surface area (TPSA) is 41.3 Å². The van der Waals surface area contributed by atoms with Crippen molar-refractivity contribution in [2.45, 2.75) is 18.8 Å². The van der Waals surface area contributed by atoms with Crippen molar-refractivity contribution in [2.75, 3.05) is 18.4 Å². The maximum absolute atomic E-state index is 13.0. The number of thiocarbonyl (C=S) groups is 1. The second kappa shape index (κ2) is 6.80. The lowest BCUT2D eigenvalue weighted by atomic mass is 9.97. The first kappa shape index (κ1) is 16.0. The van der Waals surface area contributed by atoms with Crippen molar-refractivity contribution in [3.05, 3.63) is 60.2 Å². The number of benzene rings is 2. The first-order valence-corrected chi connectivity index (χ1v) is 8.77. The van der Waals surface area contributed by atoms with E-state index in [2.05, 4.69) is 15.2 Å². The number of aromatic nitrogens is 1. The zero-order chi connectivity index (χ0) is 17.2. The molecule has 0 amide bonds. The van der Waals surface area contributed by atoms with Crippen LogP contribution in [-0.4, -0.2) is 28.1 Å². The predicted octanol–water partition coefficient (Wildman–Crippen LogP) is 4.54. The van der Waals surface area contributed by atoms with E-state index < -0.39 is 0 Å². The molecule has 128 valence electrons. The highest BCUT2D eigenvalue weighted by Gasteiger charge is 2.25. The van der Waals surface area contributed by atoms with Gasteiger partial charge in [-0.15, -0.1) is 0 Å². The molecule has 1 N–H and O–H groups in total. The van der Waals surface area contributed by atoms with Crippen LogP contribution in [0.25, 0.3) is 11.1 Å². The fourth-order valence-electron chi connectivity index (χ4n) is 3.13. The van der Waals surface area contributed by atoms with E-state index in [9.17, 15) is 4.39 Å². The van der Waals surface area contributed by atoms with E-state index in [4.69, 9.17) is 16.6 Å². The molecule has 25 heavy (non-hydrogen) atoms. The Kier molecular flexibility index (Phi) is 4.36. The van der Waals surface area contributed by atoms with Gasteiger partial charge in [-0.1, -0.05) is 12.1 Å². The minimum absolute atomic E-state index is 0.254. The molecule has 0 spiro atoms. The third-order valence-electron chi connectivity index (χ3n) is 4.54. The van der Waals surface area contributed by atoms with E-state index in [0.717, 1.165) is 48.6 Å². The number of nitrogens with zero attached hydrogens (tertiary/aromatic N) is 2. The highest BCUT2D eigenvalue weighted by molar-refractivity contribution is 7.80. The van der Waals surface area contributed by atoms with Crippen LogP contribution in [0.2, 0.25) is 0 Å². The van der Waals surface area contributed by atoms with Crippen LogP contribution in [0.3, 0.4) is 0 Å². The van der Waals surface area contributed by atoms with Crippen molar-refractivity contribution in [1.29, 1.82) is 0 Å². The van der Waals surface area contributed by atoms with Gasteiger partial charge in [-0.25, -0.2) is 9.37 Å². The lowest BCUT2D eigenvalue weighted by Gasteiger charge is -2.32. The Labute approximate surface area is 150 Å². The van der Waals surface area contributed by atoms with Gasteiger partial charge in [0.05, 0.1) is 0 Å². The maximum atomic E-state index is 13.0. The summed E-state index contributed by atoms with van der Waals surface area (Å²) < 4.78 is 18.9. The zero-order valence-electron chi connectivity index (χ0n) is 13.6. The quantitative estimate of drug-likeness (QED) is 0.683. The molecule has 1 aliphatic rings. The van der Waals surface area contributed by atoms with E-state index in [1.54, 1.807) is 12.1 Å². The minimum Gasteiger partial charge on any atom is -0.440 e. The second-order valence-electron chi connectivity index (χ2n) is 6.22. The average Bonchev–Trinajstić information content (AvgIpc) is 3.08. The standard InChI is InChI=1S/C19H18FN3OS/c20-14-5-7-15(8-6-14)21-19(25)23-11-9-13(10-12-23)18-22-16-3-1-2-4-17(16)24-18/h1-8,13H,9-12H2,(H,21,25). The number of para-hydroxylation sites is 2. The Hall–Kier alpha value is -2.47. The maximum Gasteiger partial charge on any atom is 0.198 e. The number of rotatable bonds is 2. The molecule has 0 unspecified atom stereocenters. The zero-order valence-corrected chi connectivity index (χ0v) is 14.4. The Bertz CT molecular complexity index is 852. The van der Waals surface area contributed by atoms with Crippen LogP contribution in [0, 0.1) is 5.82 Å².